The fourth-order valence-electron chi connectivity index (χ4n) is 1.39. The van der Waals surface area contributed by atoms with Gasteiger partial charge in [-0.3, -0.25) is 4.79 Å². The topological polar surface area (TPSA) is 29.1 Å². The van der Waals surface area contributed by atoms with E-state index in [9.17, 15) is 4.79 Å². The number of hydrogen-bond acceptors (Lipinski definition) is 1. The highest BCUT2D eigenvalue weighted by Gasteiger charge is 2.09. The lowest BCUT2D eigenvalue weighted by molar-refractivity contribution is -0.120. The average molecular weight is 272 g/mol. The molecule has 0 spiro atoms. The van der Waals surface area contributed by atoms with E-state index in [2.05, 4.69) is 5.32 Å². The van der Waals surface area contributed by atoms with E-state index in [0.29, 0.717) is 22.2 Å². The Morgan fingerprint density at radius 3 is 2.59 bits per heavy atom. The van der Waals surface area contributed by atoms with E-state index in [1.54, 1.807) is 18.2 Å². The molecule has 17 heavy (non-hydrogen) atoms. The average Bonchev–Trinajstić information content (AvgIpc) is 2.30. The van der Waals surface area contributed by atoms with Crippen LogP contribution in [0.2, 0.25) is 10.0 Å². The van der Waals surface area contributed by atoms with Gasteiger partial charge < -0.3 is 5.32 Å². The summed E-state index contributed by atoms with van der Waals surface area (Å²) in [5.41, 5.74) is 0.680. The van der Waals surface area contributed by atoms with E-state index >= 15 is 0 Å². The molecule has 1 N–H and O–H groups in total. The molecule has 0 fully saturated rings. The first-order chi connectivity index (χ1) is 8.15. The summed E-state index contributed by atoms with van der Waals surface area (Å²) in [5.74, 6) is -0.0653. The third-order valence-corrected chi connectivity index (χ3v) is 2.98. The van der Waals surface area contributed by atoms with E-state index in [-0.39, 0.29) is 12.3 Å². The molecule has 1 rings (SSSR count). The van der Waals surface area contributed by atoms with Crippen LogP contribution in [0.15, 0.2) is 30.4 Å². The summed E-state index contributed by atoms with van der Waals surface area (Å²) in [4.78, 5) is 11.6. The summed E-state index contributed by atoms with van der Waals surface area (Å²) < 4.78 is 0. The predicted molar refractivity (Wildman–Crippen MR) is 72.6 cm³/mol. The quantitative estimate of drug-likeness (QED) is 0.643. The van der Waals surface area contributed by atoms with Gasteiger partial charge in [0.1, 0.15) is 0 Å². The van der Waals surface area contributed by atoms with Gasteiger partial charge in [0.15, 0.2) is 0 Å². The molecule has 0 atom stereocenters. The van der Waals surface area contributed by atoms with Gasteiger partial charge in [0.05, 0.1) is 6.42 Å². The first kappa shape index (κ1) is 14.1. The number of nitrogens with one attached hydrogen (secondary N) is 1. The minimum Gasteiger partial charge on any atom is -0.356 e. The fourth-order valence-corrected chi connectivity index (χ4v) is 1.92. The normalized spacial score (nSPS) is 10.8. The molecule has 0 aliphatic heterocycles. The molecule has 0 bridgehead atoms. The van der Waals surface area contributed by atoms with Gasteiger partial charge in [-0.25, -0.2) is 0 Å². The SMILES string of the molecule is C/C=C/CCNC(=O)Cc1c(Cl)cccc1Cl. The van der Waals surface area contributed by atoms with E-state index in [4.69, 9.17) is 23.2 Å². The Balaban J connectivity index is 2.50. The van der Waals surface area contributed by atoms with Gasteiger partial charge >= 0.3 is 0 Å². The van der Waals surface area contributed by atoms with Crippen molar-refractivity contribution in [2.45, 2.75) is 19.8 Å². The van der Waals surface area contributed by atoms with Gasteiger partial charge in [-0.1, -0.05) is 41.4 Å². The van der Waals surface area contributed by atoms with Crippen LogP contribution in [-0.2, 0) is 11.2 Å². The molecular weight excluding hydrogens is 257 g/mol. The Labute approximate surface area is 112 Å². The first-order valence-corrected chi connectivity index (χ1v) is 6.21. The molecule has 92 valence electrons. The first-order valence-electron chi connectivity index (χ1n) is 5.46. The number of rotatable bonds is 5. The van der Waals surface area contributed by atoms with Crippen molar-refractivity contribution >= 4 is 29.1 Å². The highest BCUT2D eigenvalue weighted by Crippen LogP contribution is 2.24. The summed E-state index contributed by atoms with van der Waals surface area (Å²) in [6.07, 6.45) is 5.01. The van der Waals surface area contributed by atoms with Crippen molar-refractivity contribution in [1.29, 1.82) is 0 Å². The van der Waals surface area contributed by atoms with Crippen LogP contribution in [0, 0.1) is 0 Å². The molecule has 0 aliphatic carbocycles. The predicted octanol–water partition coefficient (Wildman–Crippen LogP) is 3.62. The number of carbonyl (C=O) groups excluding carboxylic acids is 1. The molecular formula is C13H15Cl2NO. The van der Waals surface area contributed by atoms with Crippen molar-refractivity contribution in [3.63, 3.8) is 0 Å². The minimum atomic E-state index is -0.0653. The smallest absolute Gasteiger partial charge is 0.224 e. The highest BCUT2D eigenvalue weighted by atomic mass is 35.5. The van der Waals surface area contributed by atoms with Crippen LogP contribution in [0.3, 0.4) is 0 Å². The van der Waals surface area contributed by atoms with E-state index in [0.717, 1.165) is 6.42 Å². The van der Waals surface area contributed by atoms with Gasteiger partial charge in [-0.05, 0) is 31.0 Å². The Morgan fingerprint density at radius 2 is 2.00 bits per heavy atom. The van der Waals surface area contributed by atoms with E-state index < -0.39 is 0 Å². The molecule has 0 unspecified atom stereocenters. The summed E-state index contributed by atoms with van der Waals surface area (Å²) in [6.45, 7) is 2.58. The zero-order valence-corrected chi connectivity index (χ0v) is 11.2. The van der Waals surface area contributed by atoms with Crippen LogP contribution in [-0.4, -0.2) is 12.5 Å². The molecule has 0 radical (unpaired) electrons. The van der Waals surface area contributed by atoms with Crippen LogP contribution in [0.4, 0.5) is 0 Å². The highest BCUT2D eigenvalue weighted by molar-refractivity contribution is 6.36. The lowest BCUT2D eigenvalue weighted by Crippen LogP contribution is -2.26. The second kappa shape index (κ2) is 7.36. The van der Waals surface area contributed by atoms with Crippen LogP contribution in [0.1, 0.15) is 18.9 Å². The Bertz CT molecular complexity index is 396. The van der Waals surface area contributed by atoms with Crippen LogP contribution in [0.5, 0.6) is 0 Å². The molecule has 0 aromatic heterocycles. The zero-order chi connectivity index (χ0) is 12.7. The maximum absolute atomic E-state index is 11.6. The van der Waals surface area contributed by atoms with Gasteiger partial charge in [-0.2, -0.15) is 0 Å². The van der Waals surface area contributed by atoms with Crippen molar-refractivity contribution in [2.75, 3.05) is 6.54 Å². The molecule has 0 saturated carbocycles. The standard InChI is InChI=1S/C13H15Cl2NO/c1-2-3-4-8-16-13(17)9-10-11(14)6-5-7-12(10)15/h2-3,5-7H,4,8-9H2,1H3,(H,16,17)/b3-2+. The lowest BCUT2D eigenvalue weighted by atomic mass is 10.1. The molecule has 1 aromatic rings. The van der Waals surface area contributed by atoms with Crippen LogP contribution < -0.4 is 5.32 Å². The molecule has 1 amide bonds. The lowest BCUT2D eigenvalue weighted by Gasteiger charge is -2.07. The number of amides is 1. The number of allylic oxidation sites excluding steroid dienone is 1. The molecule has 2 nitrogen and oxygen atoms in total. The van der Waals surface area contributed by atoms with Gasteiger partial charge in [0.2, 0.25) is 5.91 Å². The van der Waals surface area contributed by atoms with E-state index in [1.165, 1.54) is 0 Å². The van der Waals surface area contributed by atoms with Crippen molar-refractivity contribution in [2.24, 2.45) is 0 Å². The van der Waals surface area contributed by atoms with Gasteiger partial charge in [0, 0.05) is 16.6 Å². The third-order valence-electron chi connectivity index (χ3n) is 2.27. The van der Waals surface area contributed by atoms with Crippen molar-refractivity contribution in [3.8, 4) is 0 Å². The second-order valence-corrected chi connectivity index (χ2v) is 4.40. The summed E-state index contributed by atoms with van der Waals surface area (Å²) in [7, 11) is 0. The molecule has 4 heteroatoms. The number of carbonyl (C=O) groups is 1. The van der Waals surface area contributed by atoms with Crippen LogP contribution in [0.25, 0.3) is 0 Å². The molecule has 0 heterocycles. The zero-order valence-electron chi connectivity index (χ0n) is 9.67. The van der Waals surface area contributed by atoms with Gasteiger partial charge in [0.25, 0.3) is 0 Å². The summed E-state index contributed by atoms with van der Waals surface area (Å²) in [6, 6.07) is 5.23. The fraction of sp³-hybridized carbons (Fsp3) is 0.308. The monoisotopic (exact) mass is 271 g/mol. The minimum absolute atomic E-state index is 0.0653. The van der Waals surface area contributed by atoms with Crippen LogP contribution >= 0.6 is 23.2 Å². The number of halogens is 2. The van der Waals surface area contributed by atoms with Crippen molar-refractivity contribution < 1.29 is 4.79 Å². The maximum atomic E-state index is 11.6. The molecule has 0 aliphatic rings. The Hall–Kier alpha value is -0.990. The second-order valence-electron chi connectivity index (χ2n) is 3.58. The Kier molecular flexibility index (Phi) is 6.09. The van der Waals surface area contributed by atoms with Crippen molar-refractivity contribution in [1.82, 2.24) is 5.32 Å². The molecule has 0 saturated heterocycles. The maximum Gasteiger partial charge on any atom is 0.224 e. The van der Waals surface area contributed by atoms with Crippen molar-refractivity contribution in [3.05, 3.63) is 46.0 Å². The van der Waals surface area contributed by atoms with E-state index in [1.807, 2.05) is 19.1 Å². The third kappa shape index (κ3) is 4.80. The largest absolute Gasteiger partial charge is 0.356 e. The number of hydrogen-bond donors (Lipinski definition) is 1. The van der Waals surface area contributed by atoms with Gasteiger partial charge in [-0.15, -0.1) is 0 Å². The summed E-state index contributed by atoms with van der Waals surface area (Å²) >= 11 is 12.0. The molecule has 1 aromatic carbocycles. The number of benzene rings is 1. The summed E-state index contributed by atoms with van der Waals surface area (Å²) in [5, 5.41) is 3.87. The Morgan fingerprint density at radius 1 is 1.35 bits per heavy atom.